The molecule has 0 amide bonds. The lowest BCUT2D eigenvalue weighted by Crippen LogP contribution is -2.09. The fourth-order valence-corrected chi connectivity index (χ4v) is 2.83. The molecule has 0 aliphatic heterocycles. The SMILES string of the molecule is CCCCC(c1ccccc1)c1cc(C(=O)O)cc(C)c1N. The van der Waals surface area contributed by atoms with E-state index in [4.69, 9.17) is 5.73 Å². The highest BCUT2D eigenvalue weighted by molar-refractivity contribution is 5.89. The first-order valence-corrected chi connectivity index (χ1v) is 7.72. The van der Waals surface area contributed by atoms with E-state index < -0.39 is 5.97 Å². The molecule has 0 radical (unpaired) electrons. The minimum absolute atomic E-state index is 0.138. The van der Waals surface area contributed by atoms with Crippen LogP contribution in [0.4, 0.5) is 5.69 Å². The van der Waals surface area contributed by atoms with Gasteiger partial charge in [0.2, 0.25) is 0 Å². The Labute approximate surface area is 131 Å². The highest BCUT2D eigenvalue weighted by Gasteiger charge is 2.19. The first-order chi connectivity index (χ1) is 10.5. The Morgan fingerprint density at radius 2 is 1.91 bits per heavy atom. The van der Waals surface area contributed by atoms with Gasteiger partial charge in [-0.05, 0) is 42.2 Å². The van der Waals surface area contributed by atoms with Crippen molar-refractivity contribution < 1.29 is 9.90 Å². The molecule has 2 aromatic carbocycles. The summed E-state index contributed by atoms with van der Waals surface area (Å²) in [5, 5.41) is 9.31. The third-order valence-electron chi connectivity index (χ3n) is 4.09. The van der Waals surface area contributed by atoms with Crippen LogP contribution < -0.4 is 5.73 Å². The molecule has 2 aromatic rings. The van der Waals surface area contributed by atoms with Gasteiger partial charge in [-0.25, -0.2) is 4.79 Å². The number of anilines is 1. The first kappa shape index (κ1) is 16.1. The van der Waals surface area contributed by atoms with Crippen molar-refractivity contribution >= 4 is 11.7 Å². The Kier molecular flexibility index (Phi) is 5.21. The number of aromatic carboxylic acids is 1. The molecular formula is C19H23NO2. The molecule has 3 nitrogen and oxygen atoms in total. The van der Waals surface area contributed by atoms with Crippen molar-refractivity contribution in [2.45, 2.75) is 39.0 Å². The summed E-state index contributed by atoms with van der Waals surface area (Å²) < 4.78 is 0. The number of aryl methyl sites for hydroxylation is 1. The number of hydrogen-bond acceptors (Lipinski definition) is 2. The maximum Gasteiger partial charge on any atom is 0.335 e. The molecule has 0 bridgehead atoms. The lowest BCUT2D eigenvalue weighted by atomic mass is 9.84. The van der Waals surface area contributed by atoms with E-state index >= 15 is 0 Å². The summed E-state index contributed by atoms with van der Waals surface area (Å²) in [6.45, 7) is 4.03. The summed E-state index contributed by atoms with van der Waals surface area (Å²) >= 11 is 0. The third-order valence-corrected chi connectivity index (χ3v) is 4.09. The number of carboxylic acids is 1. The minimum atomic E-state index is -0.911. The summed E-state index contributed by atoms with van der Waals surface area (Å²) in [6, 6.07) is 13.6. The lowest BCUT2D eigenvalue weighted by Gasteiger charge is -2.21. The van der Waals surface area contributed by atoms with E-state index in [9.17, 15) is 9.90 Å². The van der Waals surface area contributed by atoms with Gasteiger partial charge in [-0.2, -0.15) is 0 Å². The quantitative estimate of drug-likeness (QED) is 0.766. The fraction of sp³-hybridized carbons (Fsp3) is 0.316. The summed E-state index contributed by atoms with van der Waals surface area (Å²) in [4.78, 5) is 11.3. The minimum Gasteiger partial charge on any atom is -0.478 e. The molecule has 116 valence electrons. The van der Waals surface area contributed by atoms with E-state index in [0.717, 1.165) is 30.4 Å². The molecule has 0 heterocycles. The Hall–Kier alpha value is -2.29. The number of hydrogen-bond donors (Lipinski definition) is 2. The molecular weight excluding hydrogens is 274 g/mol. The highest BCUT2D eigenvalue weighted by Crippen LogP contribution is 2.35. The number of nitrogen functional groups attached to an aromatic ring is 1. The van der Waals surface area contributed by atoms with Crippen molar-refractivity contribution in [3.63, 3.8) is 0 Å². The van der Waals surface area contributed by atoms with Gasteiger partial charge in [-0.15, -0.1) is 0 Å². The van der Waals surface area contributed by atoms with Crippen molar-refractivity contribution in [3.05, 3.63) is 64.7 Å². The maximum atomic E-state index is 11.3. The highest BCUT2D eigenvalue weighted by atomic mass is 16.4. The molecule has 0 saturated carbocycles. The molecule has 2 rings (SSSR count). The van der Waals surface area contributed by atoms with Crippen molar-refractivity contribution in [2.24, 2.45) is 0 Å². The van der Waals surface area contributed by atoms with Crippen LogP contribution in [-0.4, -0.2) is 11.1 Å². The van der Waals surface area contributed by atoms with E-state index in [2.05, 4.69) is 19.1 Å². The van der Waals surface area contributed by atoms with E-state index in [1.807, 2.05) is 25.1 Å². The molecule has 0 spiro atoms. The molecule has 3 heteroatoms. The number of carbonyl (C=O) groups is 1. The Bertz CT molecular complexity index is 650. The van der Waals surface area contributed by atoms with Crippen LogP contribution in [0, 0.1) is 6.92 Å². The van der Waals surface area contributed by atoms with Crippen LogP contribution >= 0.6 is 0 Å². The molecule has 0 aliphatic carbocycles. The number of rotatable bonds is 6. The van der Waals surface area contributed by atoms with E-state index in [1.165, 1.54) is 5.56 Å². The van der Waals surface area contributed by atoms with Crippen molar-refractivity contribution in [3.8, 4) is 0 Å². The van der Waals surface area contributed by atoms with Crippen LogP contribution in [0.15, 0.2) is 42.5 Å². The smallest absolute Gasteiger partial charge is 0.335 e. The molecule has 0 aliphatic rings. The summed E-state index contributed by atoms with van der Waals surface area (Å²) in [5.41, 5.74) is 10.2. The normalized spacial score (nSPS) is 12.1. The van der Waals surface area contributed by atoms with Gasteiger partial charge >= 0.3 is 5.97 Å². The molecule has 0 saturated heterocycles. The molecule has 0 aromatic heterocycles. The monoisotopic (exact) mass is 297 g/mol. The lowest BCUT2D eigenvalue weighted by molar-refractivity contribution is 0.0696. The predicted octanol–water partition coefficient (Wildman–Crippen LogP) is 4.60. The second kappa shape index (κ2) is 7.12. The second-order valence-corrected chi connectivity index (χ2v) is 5.71. The summed E-state index contributed by atoms with van der Waals surface area (Å²) in [7, 11) is 0. The van der Waals surface area contributed by atoms with Gasteiger partial charge in [0, 0.05) is 11.6 Å². The third kappa shape index (κ3) is 3.48. The fourth-order valence-electron chi connectivity index (χ4n) is 2.83. The van der Waals surface area contributed by atoms with E-state index in [0.29, 0.717) is 11.3 Å². The molecule has 1 unspecified atom stereocenters. The zero-order chi connectivity index (χ0) is 16.1. The molecule has 22 heavy (non-hydrogen) atoms. The van der Waals surface area contributed by atoms with E-state index in [1.54, 1.807) is 12.1 Å². The maximum absolute atomic E-state index is 11.3. The van der Waals surface area contributed by atoms with Crippen LogP contribution in [0.25, 0.3) is 0 Å². The molecule has 3 N–H and O–H groups in total. The van der Waals surface area contributed by atoms with Crippen LogP contribution in [0.3, 0.4) is 0 Å². The Balaban J connectivity index is 2.53. The zero-order valence-electron chi connectivity index (χ0n) is 13.2. The van der Waals surface area contributed by atoms with Crippen molar-refractivity contribution in [1.82, 2.24) is 0 Å². The Morgan fingerprint density at radius 1 is 1.23 bits per heavy atom. The van der Waals surface area contributed by atoms with Crippen molar-refractivity contribution in [1.29, 1.82) is 0 Å². The first-order valence-electron chi connectivity index (χ1n) is 7.72. The predicted molar refractivity (Wildman–Crippen MR) is 90.4 cm³/mol. The van der Waals surface area contributed by atoms with Gasteiger partial charge in [0.15, 0.2) is 0 Å². The van der Waals surface area contributed by atoms with Gasteiger partial charge in [0.1, 0.15) is 0 Å². The average Bonchev–Trinajstić information content (AvgIpc) is 2.52. The molecule has 0 fully saturated rings. The van der Waals surface area contributed by atoms with Crippen LogP contribution in [0.1, 0.15) is 59.2 Å². The second-order valence-electron chi connectivity index (χ2n) is 5.71. The Morgan fingerprint density at radius 3 is 2.50 bits per heavy atom. The van der Waals surface area contributed by atoms with Crippen LogP contribution in [-0.2, 0) is 0 Å². The summed E-state index contributed by atoms with van der Waals surface area (Å²) in [5.74, 6) is -0.772. The number of unbranched alkanes of at least 4 members (excludes halogenated alkanes) is 1. The van der Waals surface area contributed by atoms with Gasteiger partial charge < -0.3 is 10.8 Å². The number of benzene rings is 2. The van der Waals surface area contributed by atoms with Crippen LogP contribution in [0.5, 0.6) is 0 Å². The standard InChI is InChI=1S/C19H23NO2/c1-3-4-10-16(14-8-6-5-7-9-14)17-12-15(19(21)22)11-13(2)18(17)20/h5-9,11-12,16H,3-4,10,20H2,1-2H3,(H,21,22). The van der Waals surface area contributed by atoms with Crippen molar-refractivity contribution in [2.75, 3.05) is 5.73 Å². The largest absolute Gasteiger partial charge is 0.478 e. The van der Waals surface area contributed by atoms with Gasteiger partial charge in [-0.3, -0.25) is 0 Å². The zero-order valence-corrected chi connectivity index (χ0v) is 13.2. The number of carboxylic acid groups (broad SMARTS) is 1. The number of nitrogens with two attached hydrogens (primary N) is 1. The van der Waals surface area contributed by atoms with Crippen LogP contribution in [0.2, 0.25) is 0 Å². The average molecular weight is 297 g/mol. The summed E-state index contributed by atoms with van der Waals surface area (Å²) in [6.07, 6.45) is 3.14. The van der Waals surface area contributed by atoms with Gasteiger partial charge in [0.25, 0.3) is 0 Å². The topological polar surface area (TPSA) is 63.3 Å². The van der Waals surface area contributed by atoms with Gasteiger partial charge in [0.05, 0.1) is 5.56 Å². The van der Waals surface area contributed by atoms with E-state index in [-0.39, 0.29) is 5.92 Å². The van der Waals surface area contributed by atoms with Gasteiger partial charge in [-0.1, -0.05) is 50.1 Å². The molecule has 1 atom stereocenters.